The number of nitrogens with one attached hydrogen (secondary N) is 1. The van der Waals surface area contributed by atoms with Gasteiger partial charge in [-0.2, -0.15) is 5.26 Å². The molecule has 0 atom stereocenters. The maximum Gasteiger partial charge on any atom is 0.0905 e. The number of hydrogen-bond donors (Lipinski definition) is 1. The van der Waals surface area contributed by atoms with Crippen LogP contribution in [0.1, 0.15) is 0 Å². The average molecular weight is 98.1 g/mol. The van der Waals surface area contributed by atoms with Crippen molar-refractivity contribution < 1.29 is 0 Å². The van der Waals surface area contributed by atoms with Gasteiger partial charge in [-0.25, -0.2) is 0 Å². The van der Waals surface area contributed by atoms with Crippen LogP contribution < -0.4 is 5.32 Å². The first kappa shape index (κ1) is 9.50. The van der Waals surface area contributed by atoms with Crippen LogP contribution in [0.25, 0.3) is 0 Å². The van der Waals surface area contributed by atoms with E-state index in [2.05, 4.69) is 11.9 Å². The van der Waals surface area contributed by atoms with E-state index in [4.69, 9.17) is 5.26 Å². The molecule has 0 unspecified atom stereocenters. The van der Waals surface area contributed by atoms with Crippen molar-refractivity contribution in [1.29, 1.82) is 5.26 Å². The van der Waals surface area contributed by atoms with Crippen molar-refractivity contribution >= 4 is 0 Å². The van der Waals surface area contributed by atoms with E-state index in [1.54, 1.807) is 6.07 Å². The second kappa shape index (κ2) is 19.0. The Hall–Kier alpha value is -0.810. The van der Waals surface area contributed by atoms with Crippen molar-refractivity contribution in [3.63, 3.8) is 0 Å². The van der Waals surface area contributed by atoms with Gasteiger partial charge in [0.1, 0.15) is 0 Å². The van der Waals surface area contributed by atoms with E-state index < -0.39 is 0 Å². The van der Waals surface area contributed by atoms with E-state index >= 15 is 0 Å². The van der Waals surface area contributed by atoms with Crippen LogP contribution in [0.5, 0.6) is 0 Å². The maximum atomic E-state index is 7.51. The molecule has 0 aromatic rings. The molecule has 0 saturated carbocycles. The second-order valence-corrected chi connectivity index (χ2v) is 0.833. The molecule has 0 saturated heterocycles. The molecule has 0 radical (unpaired) electrons. The van der Waals surface area contributed by atoms with Crippen molar-refractivity contribution in [2.45, 2.75) is 0 Å². The summed E-state index contributed by atoms with van der Waals surface area (Å²) >= 11 is 0. The minimum Gasteiger partial charge on any atom is -0.323 e. The van der Waals surface area contributed by atoms with E-state index in [0.717, 1.165) is 0 Å². The predicted molar refractivity (Wildman–Crippen MR) is 30.8 cm³/mol. The first-order valence-electron chi connectivity index (χ1n) is 1.92. The van der Waals surface area contributed by atoms with Gasteiger partial charge in [-0.1, -0.05) is 6.58 Å². The van der Waals surface area contributed by atoms with Crippen LogP contribution in [-0.2, 0) is 0 Å². The lowest BCUT2D eigenvalue weighted by Gasteiger charge is -1.59. The van der Waals surface area contributed by atoms with Crippen molar-refractivity contribution in [1.82, 2.24) is 5.32 Å². The van der Waals surface area contributed by atoms with Crippen molar-refractivity contribution in [3.05, 3.63) is 12.7 Å². The van der Waals surface area contributed by atoms with Crippen molar-refractivity contribution in [2.24, 2.45) is 0 Å². The van der Waals surface area contributed by atoms with Crippen LogP contribution in [-0.4, -0.2) is 14.1 Å². The number of nitriles is 1. The van der Waals surface area contributed by atoms with Gasteiger partial charge in [0, 0.05) is 6.08 Å². The Kier molecular flexibility index (Phi) is 25.8. The molecule has 2 nitrogen and oxygen atoms in total. The molecule has 7 heavy (non-hydrogen) atoms. The molecule has 0 aromatic carbocycles. The van der Waals surface area contributed by atoms with Gasteiger partial charge in [-0.05, 0) is 14.1 Å². The fourth-order valence-electron chi connectivity index (χ4n) is 0. The van der Waals surface area contributed by atoms with Gasteiger partial charge in [0.15, 0.2) is 0 Å². The SMILES string of the molecule is C=CC#N.CNC. The first-order chi connectivity index (χ1) is 3.33. The summed E-state index contributed by atoms with van der Waals surface area (Å²) in [4.78, 5) is 0. The summed E-state index contributed by atoms with van der Waals surface area (Å²) in [6.07, 6.45) is 1.18. The zero-order valence-corrected chi connectivity index (χ0v) is 4.73. The van der Waals surface area contributed by atoms with Crippen LogP contribution >= 0.6 is 0 Å². The van der Waals surface area contributed by atoms with E-state index in [1.807, 2.05) is 14.1 Å². The molecule has 2 heteroatoms. The van der Waals surface area contributed by atoms with Crippen molar-refractivity contribution in [3.8, 4) is 6.07 Å². The molecule has 0 aliphatic heterocycles. The Bertz CT molecular complexity index is 61.0. The van der Waals surface area contributed by atoms with Gasteiger partial charge in [-0.3, -0.25) is 0 Å². The highest BCUT2D eigenvalue weighted by Gasteiger charge is 1.34. The summed E-state index contributed by atoms with van der Waals surface area (Å²) in [6, 6.07) is 1.69. The van der Waals surface area contributed by atoms with E-state index in [9.17, 15) is 0 Å². The summed E-state index contributed by atoms with van der Waals surface area (Å²) in [5.74, 6) is 0. The number of hydrogen-bond acceptors (Lipinski definition) is 2. The molecule has 0 heterocycles. The minimum absolute atomic E-state index is 1.18. The smallest absolute Gasteiger partial charge is 0.0905 e. The van der Waals surface area contributed by atoms with Gasteiger partial charge < -0.3 is 5.32 Å². The molecule has 1 N–H and O–H groups in total. The van der Waals surface area contributed by atoms with Gasteiger partial charge in [-0.15, -0.1) is 0 Å². The lowest BCUT2D eigenvalue weighted by molar-refractivity contribution is 1.02. The highest BCUT2D eigenvalue weighted by atomic mass is 14.7. The molecular weight excluding hydrogens is 88.1 g/mol. The minimum atomic E-state index is 1.18. The Balaban J connectivity index is 0. The number of allylic oxidation sites excluding steroid dienone is 1. The summed E-state index contributed by atoms with van der Waals surface area (Å²) in [6.45, 7) is 3.12. The monoisotopic (exact) mass is 98.1 g/mol. The Labute approximate surface area is 44.5 Å². The largest absolute Gasteiger partial charge is 0.323 e. The lowest BCUT2D eigenvalue weighted by atomic mass is 10.8. The summed E-state index contributed by atoms with van der Waals surface area (Å²) < 4.78 is 0. The highest BCUT2D eigenvalue weighted by Crippen LogP contribution is 1.41. The van der Waals surface area contributed by atoms with Crippen molar-refractivity contribution in [2.75, 3.05) is 14.1 Å². The third kappa shape index (κ3) is 1460. The number of rotatable bonds is 0. The van der Waals surface area contributed by atoms with E-state index in [1.165, 1.54) is 6.08 Å². The Morgan fingerprint density at radius 3 is 1.86 bits per heavy atom. The number of nitrogens with zero attached hydrogens (tertiary/aromatic N) is 1. The zero-order valence-electron chi connectivity index (χ0n) is 4.73. The van der Waals surface area contributed by atoms with Crippen LogP contribution in [0.2, 0.25) is 0 Å². The predicted octanol–water partition coefficient (Wildman–Crippen LogP) is 0.532. The van der Waals surface area contributed by atoms with Gasteiger partial charge in [0.25, 0.3) is 0 Å². The molecule has 0 aliphatic rings. The lowest BCUT2D eigenvalue weighted by Crippen LogP contribution is -1.89. The van der Waals surface area contributed by atoms with Gasteiger partial charge in [0.05, 0.1) is 6.07 Å². The quantitative estimate of drug-likeness (QED) is 0.449. The molecular formula is C5H10N2. The third-order valence-corrected chi connectivity index (χ3v) is 0.0913. The third-order valence-electron chi connectivity index (χ3n) is 0.0913. The second-order valence-electron chi connectivity index (χ2n) is 0.833. The average Bonchev–Trinajstić information content (AvgIpc) is 1.69. The summed E-state index contributed by atoms with van der Waals surface area (Å²) in [5.41, 5.74) is 0. The van der Waals surface area contributed by atoms with Crippen LogP contribution in [0, 0.1) is 11.3 Å². The molecule has 0 aromatic heterocycles. The fourth-order valence-corrected chi connectivity index (χ4v) is 0. The first-order valence-corrected chi connectivity index (χ1v) is 1.92. The highest BCUT2D eigenvalue weighted by molar-refractivity contribution is 4.93. The van der Waals surface area contributed by atoms with Gasteiger partial charge >= 0.3 is 0 Å². The molecule has 0 spiro atoms. The van der Waals surface area contributed by atoms with Crippen LogP contribution in [0.3, 0.4) is 0 Å². The van der Waals surface area contributed by atoms with E-state index in [0.29, 0.717) is 0 Å². The Morgan fingerprint density at radius 1 is 1.71 bits per heavy atom. The molecule has 0 rings (SSSR count). The molecule has 0 aliphatic carbocycles. The van der Waals surface area contributed by atoms with E-state index in [-0.39, 0.29) is 0 Å². The zero-order chi connectivity index (χ0) is 6.12. The fraction of sp³-hybridized carbons (Fsp3) is 0.400. The molecule has 0 fully saturated rings. The molecule has 0 bridgehead atoms. The Morgan fingerprint density at radius 2 is 1.86 bits per heavy atom. The topological polar surface area (TPSA) is 35.8 Å². The molecule has 40 valence electrons. The molecule has 0 amide bonds. The maximum absolute atomic E-state index is 7.51. The standard InChI is InChI=1S/C3H3N.C2H7N/c1-2-3-4;1-3-2/h2H,1H2;3H,1-2H3. The van der Waals surface area contributed by atoms with Gasteiger partial charge in [0.2, 0.25) is 0 Å². The van der Waals surface area contributed by atoms with Crippen LogP contribution in [0.15, 0.2) is 12.7 Å². The van der Waals surface area contributed by atoms with Crippen LogP contribution in [0.4, 0.5) is 0 Å². The summed E-state index contributed by atoms with van der Waals surface area (Å²) in [5, 5.41) is 10.3. The summed E-state index contributed by atoms with van der Waals surface area (Å²) in [7, 11) is 3.75. The normalized spacial score (nSPS) is 4.71.